The van der Waals surface area contributed by atoms with E-state index in [1.54, 1.807) is 6.08 Å². The van der Waals surface area contributed by atoms with Crippen molar-refractivity contribution in [3.05, 3.63) is 22.8 Å². The monoisotopic (exact) mass is 422 g/mol. The van der Waals surface area contributed by atoms with Crippen LogP contribution in [-0.4, -0.2) is 29.8 Å². The maximum absolute atomic E-state index is 13.6. The van der Waals surface area contributed by atoms with Crippen molar-refractivity contribution < 1.29 is 23.5 Å². The van der Waals surface area contributed by atoms with Gasteiger partial charge in [0.2, 0.25) is 5.78 Å². The Kier molecular flexibility index (Phi) is 4.84. The minimum atomic E-state index is -1.40. The second kappa shape index (κ2) is 6.76. The predicted molar refractivity (Wildman–Crippen MR) is 107 cm³/mol. The number of ether oxygens (including phenoxy) is 1. The van der Waals surface area contributed by atoms with Crippen molar-refractivity contribution in [2.75, 3.05) is 6.67 Å². The third kappa shape index (κ3) is 2.72. The molecule has 0 spiro atoms. The van der Waals surface area contributed by atoms with E-state index in [0.717, 1.165) is 18.4 Å². The number of carbonyl (C=O) groups is 3. The van der Waals surface area contributed by atoms with Crippen LogP contribution in [0, 0.1) is 28.6 Å². The molecule has 29 heavy (non-hydrogen) atoms. The molecule has 0 aliphatic heterocycles. The highest BCUT2D eigenvalue weighted by atomic mass is 35.5. The molecule has 0 bridgehead atoms. The van der Waals surface area contributed by atoms with Crippen LogP contribution in [0.5, 0.6) is 0 Å². The fraction of sp³-hybridized carbons (Fsp3) is 0.696. The summed E-state index contributed by atoms with van der Waals surface area (Å²) >= 11 is 6.67. The zero-order valence-corrected chi connectivity index (χ0v) is 18.0. The summed E-state index contributed by atoms with van der Waals surface area (Å²) in [6.07, 6.45) is 7.58. The minimum Gasteiger partial charge on any atom is -0.451 e. The lowest BCUT2D eigenvalue weighted by molar-refractivity contribution is -0.186. The van der Waals surface area contributed by atoms with Gasteiger partial charge in [0.15, 0.2) is 18.1 Å². The third-order valence-corrected chi connectivity index (χ3v) is 8.90. The summed E-state index contributed by atoms with van der Waals surface area (Å²) in [4.78, 5) is 36.6. The maximum atomic E-state index is 13.6. The summed E-state index contributed by atoms with van der Waals surface area (Å²) in [5, 5.41) is 0.618. The van der Waals surface area contributed by atoms with Gasteiger partial charge in [0.05, 0.1) is 0 Å². The highest BCUT2D eigenvalue weighted by Crippen LogP contribution is 2.68. The summed E-state index contributed by atoms with van der Waals surface area (Å²) < 4.78 is 19.2. The van der Waals surface area contributed by atoms with Crippen LogP contribution in [0.4, 0.5) is 4.39 Å². The van der Waals surface area contributed by atoms with Gasteiger partial charge in [-0.1, -0.05) is 31.5 Å². The molecule has 0 amide bonds. The molecule has 4 aliphatic carbocycles. The molecule has 0 radical (unpaired) electrons. The normalized spacial score (nSPS) is 43.5. The lowest BCUT2D eigenvalue weighted by atomic mass is 9.48. The molecule has 158 valence electrons. The molecule has 0 saturated heterocycles. The second-order valence-corrected chi connectivity index (χ2v) is 10.1. The van der Waals surface area contributed by atoms with E-state index in [1.807, 2.05) is 13.0 Å². The number of Topliss-reactive ketones (excluding diaryl/α,β-unsaturated/α-hetero) is 1. The van der Waals surface area contributed by atoms with Crippen molar-refractivity contribution in [1.82, 2.24) is 0 Å². The number of alkyl halides is 1. The lowest BCUT2D eigenvalue weighted by Gasteiger charge is -2.57. The van der Waals surface area contributed by atoms with Crippen LogP contribution in [0.25, 0.3) is 0 Å². The fourth-order valence-corrected chi connectivity index (χ4v) is 7.52. The summed E-state index contributed by atoms with van der Waals surface area (Å²) in [6, 6.07) is 0. The average molecular weight is 423 g/mol. The van der Waals surface area contributed by atoms with Crippen molar-refractivity contribution in [3.8, 4) is 0 Å². The summed E-state index contributed by atoms with van der Waals surface area (Å²) in [5.74, 6) is -0.571. The van der Waals surface area contributed by atoms with Crippen molar-refractivity contribution in [2.45, 2.75) is 64.9 Å². The number of esters is 1. The third-order valence-electron chi connectivity index (χ3n) is 8.57. The van der Waals surface area contributed by atoms with Gasteiger partial charge in [0.25, 0.3) is 0 Å². The zero-order valence-electron chi connectivity index (χ0n) is 17.2. The molecule has 0 aromatic rings. The van der Waals surface area contributed by atoms with E-state index in [9.17, 15) is 18.8 Å². The molecule has 0 unspecified atom stereocenters. The molecule has 4 aliphatic rings. The van der Waals surface area contributed by atoms with E-state index in [1.165, 1.54) is 6.92 Å². The van der Waals surface area contributed by atoms with Crippen molar-refractivity contribution in [2.24, 2.45) is 28.6 Å². The average Bonchev–Trinajstić information content (AvgIpc) is 2.95. The Morgan fingerprint density at radius 3 is 2.55 bits per heavy atom. The van der Waals surface area contributed by atoms with Gasteiger partial charge in [-0.05, 0) is 66.9 Å². The Morgan fingerprint density at radius 1 is 1.21 bits per heavy atom. The molecule has 2 fully saturated rings. The second-order valence-electron chi connectivity index (χ2n) is 9.72. The van der Waals surface area contributed by atoms with Gasteiger partial charge in [-0.25, -0.2) is 4.39 Å². The van der Waals surface area contributed by atoms with E-state index < -0.39 is 29.4 Å². The molecule has 0 N–H and O–H groups in total. The number of allylic oxidation sites excluding steroid dienone is 4. The standard InChI is InChI=1S/C23H28ClFO4/c1-13(26)29-23(20(28)12-25)9-6-17-15-11-19(24)18-10-14(27)4-7-21(18,2)16(15)5-8-22(17,23)3/h10-11,15-17H,4-9,12H2,1-3H3/t15-,16+,17+,21-,22+,23+/m1/s1. The number of ketones is 2. The van der Waals surface area contributed by atoms with Gasteiger partial charge in [-0.2, -0.15) is 0 Å². The van der Waals surface area contributed by atoms with Crippen LogP contribution in [0.3, 0.4) is 0 Å². The molecular formula is C23H28ClFO4. The van der Waals surface area contributed by atoms with Crippen LogP contribution in [0.15, 0.2) is 22.8 Å². The summed E-state index contributed by atoms with van der Waals surface area (Å²) in [7, 11) is 0. The Morgan fingerprint density at radius 2 is 1.90 bits per heavy atom. The number of fused-ring (bicyclic) bond motifs is 5. The van der Waals surface area contributed by atoms with E-state index in [0.29, 0.717) is 36.6 Å². The van der Waals surface area contributed by atoms with E-state index in [2.05, 4.69) is 6.92 Å². The molecule has 2 saturated carbocycles. The number of carbonyl (C=O) groups excluding carboxylic acids is 3. The van der Waals surface area contributed by atoms with E-state index >= 15 is 0 Å². The van der Waals surface area contributed by atoms with E-state index in [4.69, 9.17) is 16.3 Å². The molecule has 4 nitrogen and oxygen atoms in total. The Hall–Kier alpha value is -1.49. The Balaban J connectivity index is 1.79. The van der Waals surface area contributed by atoms with Crippen LogP contribution in [0.1, 0.15) is 59.3 Å². The first-order valence-electron chi connectivity index (χ1n) is 10.5. The zero-order chi connectivity index (χ0) is 21.2. The van der Waals surface area contributed by atoms with Crippen LogP contribution < -0.4 is 0 Å². The lowest BCUT2D eigenvalue weighted by Crippen LogP contribution is -2.59. The van der Waals surface area contributed by atoms with Gasteiger partial charge in [0, 0.05) is 23.8 Å². The first kappa shape index (κ1) is 20.8. The molecule has 0 heterocycles. The van der Waals surface area contributed by atoms with Gasteiger partial charge in [0.1, 0.15) is 0 Å². The summed E-state index contributed by atoms with van der Waals surface area (Å²) in [6.45, 7) is 4.33. The highest BCUT2D eigenvalue weighted by Gasteiger charge is 2.68. The van der Waals surface area contributed by atoms with Gasteiger partial charge in [-0.3, -0.25) is 14.4 Å². The number of halogens is 2. The first-order chi connectivity index (χ1) is 13.6. The largest absolute Gasteiger partial charge is 0.451 e. The number of hydrogen-bond acceptors (Lipinski definition) is 4. The molecule has 6 atom stereocenters. The molecule has 4 rings (SSSR count). The minimum absolute atomic E-state index is 0.0702. The van der Waals surface area contributed by atoms with Gasteiger partial charge in [-0.15, -0.1) is 0 Å². The van der Waals surface area contributed by atoms with Gasteiger partial charge >= 0.3 is 5.97 Å². The van der Waals surface area contributed by atoms with Crippen LogP contribution in [0.2, 0.25) is 0 Å². The molecule has 0 aromatic carbocycles. The van der Waals surface area contributed by atoms with Crippen LogP contribution in [-0.2, 0) is 19.1 Å². The quantitative estimate of drug-likeness (QED) is 0.618. The first-order valence-corrected chi connectivity index (χ1v) is 10.9. The highest BCUT2D eigenvalue weighted by molar-refractivity contribution is 6.32. The van der Waals surface area contributed by atoms with Gasteiger partial charge < -0.3 is 4.74 Å². The molecule has 6 heteroatoms. The van der Waals surface area contributed by atoms with E-state index in [-0.39, 0.29) is 23.0 Å². The van der Waals surface area contributed by atoms with Crippen molar-refractivity contribution in [1.29, 1.82) is 0 Å². The van der Waals surface area contributed by atoms with Crippen molar-refractivity contribution >= 4 is 29.1 Å². The Bertz CT molecular complexity index is 848. The van der Waals surface area contributed by atoms with Crippen LogP contribution >= 0.6 is 11.6 Å². The SMILES string of the molecule is CC(=O)O[C@]1(C(=O)CF)CC[C@H]2[C@@H]3C=C(Cl)C4=CC(=O)CC[C@]4(C)[C@H]3CC[C@@]21C. The number of hydrogen-bond donors (Lipinski definition) is 0. The summed E-state index contributed by atoms with van der Waals surface area (Å²) in [5.41, 5.74) is -1.27. The molecular weight excluding hydrogens is 395 g/mol. The molecule has 0 aromatic heterocycles. The predicted octanol–water partition coefficient (Wildman–Crippen LogP) is 4.70. The topological polar surface area (TPSA) is 60.4 Å². The maximum Gasteiger partial charge on any atom is 0.303 e. The Labute approximate surface area is 175 Å². The fourth-order valence-electron chi connectivity index (χ4n) is 7.11. The number of rotatable bonds is 3. The van der Waals surface area contributed by atoms with Crippen molar-refractivity contribution in [3.63, 3.8) is 0 Å². The smallest absolute Gasteiger partial charge is 0.303 e.